The molecule has 0 radical (unpaired) electrons. The predicted molar refractivity (Wildman–Crippen MR) is 64.5 cm³/mol. The van der Waals surface area contributed by atoms with E-state index in [0.29, 0.717) is 12.2 Å². The molecule has 17 heavy (non-hydrogen) atoms. The Morgan fingerprint density at radius 1 is 1.47 bits per heavy atom. The first-order chi connectivity index (χ1) is 8.14. The second-order valence-electron chi connectivity index (χ2n) is 4.91. The molecule has 2 fully saturated rings. The minimum absolute atomic E-state index is 0.0460. The van der Waals surface area contributed by atoms with Gasteiger partial charge in [0.25, 0.3) is 0 Å². The molecule has 4 nitrogen and oxygen atoms in total. The summed E-state index contributed by atoms with van der Waals surface area (Å²) in [5, 5.41) is 0. The molecule has 4 heteroatoms. The number of rotatable bonds is 4. The van der Waals surface area contributed by atoms with Crippen LogP contribution < -0.4 is 0 Å². The highest BCUT2D eigenvalue weighted by Crippen LogP contribution is 2.39. The SMILES string of the molecule is C=C(C)C(=O)OCCN1CCOC12CCCC2. The van der Waals surface area contributed by atoms with E-state index in [2.05, 4.69) is 11.5 Å². The normalized spacial score (nSPS) is 23.1. The van der Waals surface area contributed by atoms with Crippen molar-refractivity contribution in [3.05, 3.63) is 12.2 Å². The summed E-state index contributed by atoms with van der Waals surface area (Å²) < 4.78 is 11.0. The summed E-state index contributed by atoms with van der Waals surface area (Å²) >= 11 is 0. The minimum atomic E-state index is -0.300. The lowest BCUT2D eigenvalue weighted by atomic mass is 10.1. The number of hydrogen-bond acceptors (Lipinski definition) is 4. The van der Waals surface area contributed by atoms with Gasteiger partial charge in [-0.3, -0.25) is 4.90 Å². The van der Waals surface area contributed by atoms with Crippen molar-refractivity contribution in [1.82, 2.24) is 4.90 Å². The molecule has 2 aliphatic rings. The van der Waals surface area contributed by atoms with Gasteiger partial charge in [0.2, 0.25) is 0 Å². The maximum atomic E-state index is 11.3. The predicted octanol–water partition coefficient (Wildman–Crippen LogP) is 1.71. The molecule has 1 aliphatic heterocycles. The molecule has 0 atom stereocenters. The molecule has 1 saturated heterocycles. The van der Waals surface area contributed by atoms with Crippen LogP contribution in [-0.2, 0) is 14.3 Å². The molecule has 96 valence electrons. The van der Waals surface area contributed by atoms with Crippen molar-refractivity contribution in [2.75, 3.05) is 26.3 Å². The third kappa shape index (κ3) is 2.69. The molecule has 0 bridgehead atoms. The van der Waals surface area contributed by atoms with Crippen LogP contribution in [0.2, 0.25) is 0 Å². The molecule has 1 aliphatic carbocycles. The quantitative estimate of drug-likeness (QED) is 0.553. The molecule has 2 rings (SSSR count). The van der Waals surface area contributed by atoms with E-state index in [-0.39, 0.29) is 11.7 Å². The lowest BCUT2D eigenvalue weighted by molar-refractivity contribution is -0.141. The van der Waals surface area contributed by atoms with Crippen LogP contribution in [0.1, 0.15) is 32.6 Å². The van der Waals surface area contributed by atoms with Gasteiger partial charge < -0.3 is 9.47 Å². The van der Waals surface area contributed by atoms with Gasteiger partial charge in [0.15, 0.2) is 0 Å². The van der Waals surface area contributed by atoms with Crippen LogP contribution in [0, 0.1) is 0 Å². The fourth-order valence-electron chi connectivity index (χ4n) is 2.72. The summed E-state index contributed by atoms with van der Waals surface area (Å²) in [6.45, 7) is 8.17. The van der Waals surface area contributed by atoms with E-state index in [1.54, 1.807) is 6.92 Å². The lowest BCUT2D eigenvalue weighted by Crippen LogP contribution is -2.44. The fourth-order valence-corrected chi connectivity index (χ4v) is 2.72. The summed E-state index contributed by atoms with van der Waals surface area (Å²) in [5.74, 6) is -0.300. The second kappa shape index (κ2) is 5.19. The fraction of sp³-hybridized carbons (Fsp3) is 0.769. The van der Waals surface area contributed by atoms with Crippen molar-refractivity contribution >= 4 is 5.97 Å². The Hall–Kier alpha value is -0.870. The molecule has 1 spiro atoms. The summed E-state index contributed by atoms with van der Waals surface area (Å²) in [6, 6.07) is 0. The van der Waals surface area contributed by atoms with Crippen LogP contribution >= 0.6 is 0 Å². The number of ether oxygens (including phenoxy) is 2. The van der Waals surface area contributed by atoms with Crippen molar-refractivity contribution in [2.24, 2.45) is 0 Å². The van der Waals surface area contributed by atoms with Crippen LogP contribution in [0.25, 0.3) is 0 Å². The molecule has 0 N–H and O–H groups in total. The van der Waals surface area contributed by atoms with Crippen molar-refractivity contribution < 1.29 is 14.3 Å². The maximum Gasteiger partial charge on any atom is 0.333 e. The van der Waals surface area contributed by atoms with E-state index >= 15 is 0 Å². The molecule has 1 saturated carbocycles. The van der Waals surface area contributed by atoms with Gasteiger partial charge >= 0.3 is 5.97 Å². The highest BCUT2D eigenvalue weighted by Gasteiger charge is 2.44. The van der Waals surface area contributed by atoms with Crippen molar-refractivity contribution in [2.45, 2.75) is 38.3 Å². The number of carbonyl (C=O) groups excluding carboxylic acids is 1. The molecule has 0 aromatic heterocycles. The lowest BCUT2D eigenvalue weighted by Gasteiger charge is -2.33. The standard InChI is InChI=1S/C13H21NO3/c1-11(2)12(15)16-9-7-14-8-10-17-13(14)5-3-4-6-13/h1,3-10H2,2H3. The number of nitrogens with zero attached hydrogens (tertiary/aromatic N) is 1. The van der Waals surface area contributed by atoms with Gasteiger partial charge in [-0.05, 0) is 32.6 Å². The average Bonchev–Trinajstić information content (AvgIpc) is 2.91. The van der Waals surface area contributed by atoms with Crippen molar-refractivity contribution in [1.29, 1.82) is 0 Å². The Morgan fingerprint density at radius 3 is 2.82 bits per heavy atom. The van der Waals surface area contributed by atoms with E-state index in [4.69, 9.17) is 9.47 Å². The topological polar surface area (TPSA) is 38.8 Å². The second-order valence-corrected chi connectivity index (χ2v) is 4.91. The van der Waals surface area contributed by atoms with Gasteiger partial charge in [-0.2, -0.15) is 0 Å². The first-order valence-electron chi connectivity index (χ1n) is 6.36. The molecular formula is C13H21NO3. The molecule has 0 amide bonds. The maximum absolute atomic E-state index is 11.3. The Kier molecular flexibility index (Phi) is 3.84. The van der Waals surface area contributed by atoms with Gasteiger partial charge in [-0.25, -0.2) is 4.79 Å². The zero-order valence-corrected chi connectivity index (χ0v) is 10.5. The first kappa shape index (κ1) is 12.6. The van der Waals surface area contributed by atoms with E-state index in [9.17, 15) is 4.79 Å². The Labute approximate surface area is 103 Å². The smallest absolute Gasteiger partial charge is 0.333 e. The molecule has 0 unspecified atom stereocenters. The molecule has 0 aromatic rings. The Morgan fingerprint density at radius 2 is 2.18 bits per heavy atom. The minimum Gasteiger partial charge on any atom is -0.461 e. The monoisotopic (exact) mass is 239 g/mol. The zero-order chi connectivity index (χ0) is 12.3. The molecule has 0 aromatic carbocycles. The number of carbonyl (C=O) groups is 1. The largest absolute Gasteiger partial charge is 0.461 e. The van der Waals surface area contributed by atoms with Gasteiger partial charge in [-0.15, -0.1) is 0 Å². The van der Waals surface area contributed by atoms with Gasteiger partial charge in [0.1, 0.15) is 12.3 Å². The van der Waals surface area contributed by atoms with Gasteiger partial charge in [0.05, 0.1) is 6.61 Å². The Balaban J connectivity index is 1.79. The third-order valence-electron chi connectivity index (χ3n) is 3.64. The number of esters is 1. The van der Waals surface area contributed by atoms with Crippen LogP contribution in [0.3, 0.4) is 0 Å². The zero-order valence-electron chi connectivity index (χ0n) is 10.5. The summed E-state index contributed by atoms with van der Waals surface area (Å²) in [6.07, 6.45) is 4.70. The highest BCUT2D eigenvalue weighted by molar-refractivity contribution is 5.86. The summed E-state index contributed by atoms with van der Waals surface area (Å²) in [4.78, 5) is 13.6. The molecular weight excluding hydrogens is 218 g/mol. The van der Waals surface area contributed by atoms with Crippen LogP contribution in [0.4, 0.5) is 0 Å². The summed E-state index contributed by atoms with van der Waals surface area (Å²) in [5.41, 5.74) is 0.411. The van der Waals surface area contributed by atoms with Crippen LogP contribution in [-0.4, -0.2) is 42.9 Å². The number of hydrogen-bond donors (Lipinski definition) is 0. The van der Waals surface area contributed by atoms with Crippen LogP contribution in [0.5, 0.6) is 0 Å². The third-order valence-corrected chi connectivity index (χ3v) is 3.64. The van der Waals surface area contributed by atoms with E-state index in [0.717, 1.165) is 32.5 Å². The van der Waals surface area contributed by atoms with Crippen LogP contribution in [0.15, 0.2) is 12.2 Å². The first-order valence-corrected chi connectivity index (χ1v) is 6.36. The molecule has 1 heterocycles. The highest BCUT2D eigenvalue weighted by atomic mass is 16.5. The van der Waals surface area contributed by atoms with E-state index in [1.165, 1.54) is 12.8 Å². The average molecular weight is 239 g/mol. The van der Waals surface area contributed by atoms with E-state index in [1.807, 2.05) is 0 Å². The summed E-state index contributed by atoms with van der Waals surface area (Å²) in [7, 11) is 0. The Bertz CT molecular complexity index is 302. The van der Waals surface area contributed by atoms with Gasteiger partial charge in [-0.1, -0.05) is 6.58 Å². The van der Waals surface area contributed by atoms with E-state index < -0.39 is 0 Å². The van der Waals surface area contributed by atoms with Gasteiger partial charge in [0, 0.05) is 18.7 Å². The van der Waals surface area contributed by atoms with Crippen molar-refractivity contribution in [3.8, 4) is 0 Å². The van der Waals surface area contributed by atoms with Crippen molar-refractivity contribution in [3.63, 3.8) is 0 Å².